The van der Waals surface area contributed by atoms with E-state index in [0.29, 0.717) is 6.42 Å². The van der Waals surface area contributed by atoms with Gasteiger partial charge in [0.05, 0.1) is 27.2 Å². The average molecular weight is 557 g/mol. The molecule has 12 nitrogen and oxygen atoms in total. The number of ether oxygens (including phenoxy) is 2. The number of aromatic hydroxyl groups is 1. The van der Waals surface area contributed by atoms with E-state index in [9.17, 15) is 44.6 Å². The monoisotopic (exact) mass is 557 g/mol. The van der Waals surface area contributed by atoms with Gasteiger partial charge in [0.2, 0.25) is 0 Å². The minimum atomic E-state index is -1.51. The Morgan fingerprint density at radius 2 is 1.07 bits per heavy atom. The normalized spacial score (nSPS) is 10.4. The number of rotatable bonds is 9. The number of non-ortho nitro benzene ring substituents is 1. The van der Waals surface area contributed by atoms with Crippen LogP contribution in [0.2, 0.25) is 0 Å². The number of benzene rings is 4. The minimum absolute atomic E-state index is 0.130. The smallest absolute Gasteiger partial charge is 0.344 e. The van der Waals surface area contributed by atoms with E-state index in [1.807, 2.05) is 0 Å². The first-order valence-corrected chi connectivity index (χ1v) is 11.7. The molecule has 0 atom stereocenters. The molecule has 0 aromatic heterocycles. The van der Waals surface area contributed by atoms with Gasteiger partial charge in [0.1, 0.15) is 17.2 Å². The molecule has 0 radical (unpaired) electrons. The zero-order valence-corrected chi connectivity index (χ0v) is 20.8. The van der Waals surface area contributed by atoms with E-state index in [1.54, 1.807) is 24.3 Å². The van der Waals surface area contributed by atoms with Crippen LogP contribution >= 0.6 is 0 Å². The van der Waals surface area contributed by atoms with Crippen LogP contribution in [0.4, 0.5) is 5.69 Å². The molecule has 0 saturated heterocycles. The maximum atomic E-state index is 12.5. The molecule has 0 aliphatic carbocycles. The number of nitro benzene ring substituents is 1. The van der Waals surface area contributed by atoms with Crippen LogP contribution in [0.1, 0.15) is 52.6 Å². The molecule has 41 heavy (non-hydrogen) atoms. The predicted octanol–water partition coefficient (Wildman–Crippen LogP) is 4.73. The summed E-state index contributed by atoms with van der Waals surface area (Å²) in [6.07, 6.45) is 0.453. The van der Waals surface area contributed by atoms with Crippen molar-refractivity contribution in [1.82, 2.24) is 0 Å². The third kappa shape index (κ3) is 6.70. The predicted molar refractivity (Wildman–Crippen MR) is 141 cm³/mol. The Kier molecular flexibility index (Phi) is 8.04. The van der Waals surface area contributed by atoms with E-state index < -0.39 is 45.6 Å². The van der Waals surface area contributed by atoms with Crippen LogP contribution < -0.4 is 9.47 Å². The van der Waals surface area contributed by atoms with E-state index in [1.165, 1.54) is 30.3 Å². The molecule has 0 unspecified atom stereocenters. The Morgan fingerprint density at radius 1 is 0.634 bits per heavy atom. The van der Waals surface area contributed by atoms with Crippen molar-refractivity contribution in [2.75, 3.05) is 0 Å². The van der Waals surface area contributed by atoms with Crippen molar-refractivity contribution < 1.29 is 48.9 Å². The molecule has 0 saturated carbocycles. The van der Waals surface area contributed by atoms with Crippen molar-refractivity contribution in [3.05, 3.63) is 128 Å². The summed E-state index contributed by atoms with van der Waals surface area (Å²) < 4.78 is 10.5. The first kappa shape index (κ1) is 28.0. The SMILES string of the molecule is O=C(O)c1cc(O)ccc1C(=O)Oc1ccc(Cc2ccc(OC(=O)c3ccc([N+](=O)[O-])cc3C(=O)O)cc2)cc1. The Bertz CT molecular complexity index is 1680. The van der Waals surface area contributed by atoms with Gasteiger partial charge >= 0.3 is 23.9 Å². The molecular formula is C29H19NO11. The Balaban J connectivity index is 1.39. The standard InChI is InChI=1S/C29H19NO11/c31-19-6-12-23(25(15-19)27(34)35)29(37)41-21-9-3-17(4-10-21)13-16-1-7-20(8-2-16)40-28(36)22-11-5-18(30(38)39)14-24(22)26(32)33/h1-12,14-15,31H,13H2,(H,32,33)(H,34,35). The van der Waals surface area contributed by atoms with Gasteiger partial charge in [-0.3, -0.25) is 10.1 Å². The van der Waals surface area contributed by atoms with E-state index in [0.717, 1.165) is 41.5 Å². The van der Waals surface area contributed by atoms with E-state index in [2.05, 4.69) is 0 Å². The molecule has 12 heteroatoms. The van der Waals surface area contributed by atoms with E-state index in [-0.39, 0.29) is 28.4 Å². The van der Waals surface area contributed by atoms with Gasteiger partial charge in [0.25, 0.3) is 5.69 Å². The largest absolute Gasteiger partial charge is 0.508 e. The molecule has 0 fully saturated rings. The van der Waals surface area contributed by atoms with Crippen LogP contribution in [0, 0.1) is 10.1 Å². The van der Waals surface area contributed by atoms with Crippen LogP contribution in [0.3, 0.4) is 0 Å². The zero-order chi connectivity index (χ0) is 29.7. The lowest BCUT2D eigenvalue weighted by Gasteiger charge is -2.09. The van der Waals surface area contributed by atoms with Crippen molar-refractivity contribution >= 4 is 29.6 Å². The number of carbonyl (C=O) groups excluding carboxylic acids is 2. The molecule has 4 aromatic carbocycles. The van der Waals surface area contributed by atoms with Crippen LogP contribution in [-0.4, -0.2) is 44.1 Å². The van der Waals surface area contributed by atoms with Crippen molar-refractivity contribution in [2.24, 2.45) is 0 Å². The summed E-state index contributed by atoms with van der Waals surface area (Å²) in [7, 11) is 0. The van der Waals surface area contributed by atoms with Crippen LogP contribution in [0.25, 0.3) is 0 Å². The molecule has 3 N–H and O–H groups in total. The summed E-state index contributed by atoms with van der Waals surface area (Å²) in [5, 5.41) is 39.0. The second kappa shape index (κ2) is 11.8. The molecule has 0 spiro atoms. The molecular weight excluding hydrogens is 538 g/mol. The summed E-state index contributed by atoms with van der Waals surface area (Å²) in [5.41, 5.74) is -0.311. The number of nitro groups is 1. The maximum absolute atomic E-state index is 12.5. The Morgan fingerprint density at radius 3 is 1.51 bits per heavy atom. The second-order valence-corrected chi connectivity index (χ2v) is 8.57. The molecule has 4 aromatic rings. The third-order valence-corrected chi connectivity index (χ3v) is 5.79. The quantitative estimate of drug-likeness (QED) is 0.112. The fourth-order valence-corrected chi connectivity index (χ4v) is 3.80. The molecule has 0 aliphatic rings. The van der Waals surface area contributed by atoms with Crippen molar-refractivity contribution in [3.8, 4) is 17.2 Å². The molecule has 206 valence electrons. The zero-order valence-electron chi connectivity index (χ0n) is 20.8. The number of aromatic carboxylic acids is 2. The van der Waals surface area contributed by atoms with Gasteiger partial charge in [-0.05, 0) is 66.1 Å². The van der Waals surface area contributed by atoms with Gasteiger partial charge < -0.3 is 24.8 Å². The van der Waals surface area contributed by atoms with Gasteiger partial charge in [0.15, 0.2) is 0 Å². The van der Waals surface area contributed by atoms with Crippen LogP contribution in [0.5, 0.6) is 17.2 Å². The average Bonchev–Trinajstić information content (AvgIpc) is 2.94. The van der Waals surface area contributed by atoms with Gasteiger partial charge in [-0.25, -0.2) is 19.2 Å². The molecule has 0 heterocycles. The van der Waals surface area contributed by atoms with Crippen molar-refractivity contribution in [1.29, 1.82) is 0 Å². The molecule has 0 bridgehead atoms. The highest BCUT2D eigenvalue weighted by molar-refractivity contribution is 6.04. The number of hydrogen-bond donors (Lipinski definition) is 3. The summed E-state index contributed by atoms with van der Waals surface area (Å²) in [6, 6.07) is 19.0. The Labute approximate surface area is 230 Å². The fourth-order valence-electron chi connectivity index (χ4n) is 3.80. The van der Waals surface area contributed by atoms with Gasteiger partial charge in [-0.1, -0.05) is 24.3 Å². The summed E-state index contributed by atoms with van der Waals surface area (Å²) in [4.78, 5) is 58.0. The number of hydrogen-bond acceptors (Lipinski definition) is 9. The highest BCUT2D eigenvalue weighted by atomic mass is 16.6. The highest BCUT2D eigenvalue weighted by Crippen LogP contribution is 2.23. The van der Waals surface area contributed by atoms with Gasteiger partial charge in [-0.15, -0.1) is 0 Å². The number of carboxylic acid groups (broad SMARTS) is 2. The summed E-state index contributed by atoms with van der Waals surface area (Å²) in [5.74, 6) is -4.78. The number of carboxylic acids is 2. The topological polar surface area (TPSA) is 191 Å². The lowest BCUT2D eigenvalue weighted by molar-refractivity contribution is -0.384. The van der Waals surface area contributed by atoms with Crippen LogP contribution in [0.15, 0.2) is 84.9 Å². The number of esters is 2. The number of nitrogens with zero attached hydrogens (tertiary/aromatic N) is 1. The maximum Gasteiger partial charge on any atom is 0.344 e. The first-order valence-electron chi connectivity index (χ1n) is 11.7. The first-order chi connectivity index (χ1) is 19.5. The number of carbonyl (C=O) groups is 4. The number of phenolic OH excluding ortho intramolecular Hbond substituents is 1. The second-order valence-electron chi connectivity index (χ2n) is 8.57. The lowest BCUT2D eigenvalue weighted by Crippen LogP contribution is -2.14. The van der Waals surface area contributed by atoms with E-state index >= 15 is 0 Å². The molecule has 4 rings (SSSR count). The molecule has 0 amide bonds. The summed E-state index contributed by atoms with van der Waals surface area (Å²) in [6.45, 7) is 0. The molecule has 0 aliphatic heterocycles. The van der Waals surface area contributed by atoms with Gasteiger partial charge in [-0.2, -0.15) is 0 Å². The highest BCUT2D eigenvalue weighted by Gasteiger charge is 2.22. The minimum Gasteiger partial charge on any atom is -0.508 e. The van der Waals surface area contributed by atoms with E-state index in [4.69, 9.17) is 9.47 Å². The third-order valence-electron chi connectivity index (χ3n) is 5.79. The van der Waals surface area contributed by atoms with Crippen molar-refractivity contribution in [3.63, 3.8) is 0 Å². The Hall–Kier alpha value is -6.04. The van der Waals surface area contributed by atoms with Crippen LogP contribution in [-0.2, 0) is 6.42 Å². The van der Waals surface area contributed by atoms with Gasteiger partial charge in [0, 0.05) is 12.1 Å². The fraction of sp³-hybridized carbons (Fsp3) is 0.0345. The summed E-state index contributed by atoms with van der Waals surface area (Å²) >= 11 is 0. The van der Waals surface area contributed by atoms with Crippen molar-refractivity contribution in [2.45, 2.75) is 6.42 Å². The number of phenols is 1. The lowest BCUT2D eigenvalue weighted by atomic mass is 10.0.